The molecule has 30 heavy (non-hydrogen) atoms. The molecule has 2 heterocycles. The standard InChI is InChI=1S/C19H19F4N5O2/c1-2-24-17(29)14-7-8-15(26-25-14)27-9-4-10-28(11-27)18(30)16-12(19(21,22)23)5-3-6-13(16)20/h3,5-8H,2,4,9-11H2,1H3,(H,24,29). The third kappa shape index (κ3) is 4.50. The number of halogens is 4. The third-order valence-electron chi connectivity index (χ3n) is 4.56. The minimum Gasteiger partial charge on any atom is -0.351 e. The number of hydrogen-bond donors (Lipinski definition) is 1. The molecule has 11 heteroatoms. The fourth-order valence-electron chi connectivity index (χ4n) is 3.15. The number of benzene rings is 1. The van der Waals surface area contributed by atoms with E-state index in [1.807, 2.05) is 0 Å². The van der Waals surface area contributed by atoms with E-state index >= 15 is 0 Å². The molecule has 1 aliphatic heterocycles. The van der Waals surface area contributed by atoms with Gasteiger partial charge >= 0.3 is 6.18 Å². The van der Waals surface area contributed by atoms with Gasteiger partial charge in [0, 0.05) is 19.6 Å². The first-order valence-corrected chi connectivity index (χ1v) is 9.24. The zero-order valence-electron chi connectivity index (χ0n) is 16.0. The van der Waals surface area contributed by atoms with E-state index < -0.39 is 29.0 Å². The largest absolute Gasteiger partial charge is 0.417 e. The molecule has 2 aromatic rings. The lowest BCUT2D eigenvalue weighted by molar-refractivity contribution is -0.138. The molecule has 1 aromatic heterocycles. The lowest BCUT2D eigenvalue weighted by atomic mass is 10.0. The van der Waals surface area contributed by atoms with Gasteiger partial charge in [-0.2, -0.15) is 13.2 Å². The molecule has 1 aromatic carbocycles. The van der Waals surface area contributed by atoms with Gasteiger partial charge in [-0.15, -0.1) is 10.2 Å². The van der Waals surface area contributed by atoms with E-state index in [1.54, 1.807) is 11.8 Å². The average Bonchev–Trinajstić information content (AvgIpc) is 2.73. The molecule has 0 aliphatic carbocycles. The SMILES string of the molecule is CCNC(=O)c1ccc(N2CCCN(C(=O)c3c(F)cccc3C(F)(F)F)C2)nn1. The van der Waals surface area contributed by atoms with Gasteiger partial charge in [-0.05, 0) is 37.6 Å². The number of rotatable bonds is 4. The summed E-state index contributed by atoms with van der Waals surface area (Å²) < 4.78 is 53.9. The Morgan fingerprint density at radius 2 is 1.90 bits per heavy atom. The molecule has 0 bridgehead atoms. The Labute approximate surface area is 169 Å². The van der Waals surface area contributed by atoms with Crippen molar-refractivity contribution in [2.75, 3.05) is 31.2 Å². The summed E-state index contributed by atoms with van der Waals surface area (Å²) in [7, 11) is 0. The van der Waals surface area contributed by atoms with Crippen molar-refractivity contribution in [1.82, 2.24) is 20.4 Å². The Balaban J connectivity index is 1.80. The number of anilines is 1. The van der Waals surface area contributed by atoms with E-state index in [0.717, 1.165) is 17.0 Å². The van der Waals surface area contributed by atoms with Gasteiger partial charge in [0.05, 0.1) is 17.8 Å². The second-order valence-corrected chi connectivity index (χ2v) is 6.62. The molecular weight excluding hydrogens is 406 g/mol. The molecule has 0 atom stereocenters. The summed E-state index contributed by atoms with van der Waals surface area (Å²) in [6.45, 7) is 2.76. The van der Waals surface area contributed by atoms with Crippen LogP contribution in [0, 0.1) is 5.82 Å². The van der Waals surface area contributed by atoms with Crippen molar-refractivity contribution in [3.05, 3.63) is 53.0 Å². The molecule has 0 spiro atoms. The number of amides is 2. The fourth-order valence-corrected chi connectivity index (χ4v) is 3.15. The van der Waals surface area contributed by atoms with Crippen LogP contribution in [0.4, 0.5) is 23.4 Å². The summed E-state index contributed by atoms with van der Waals surface area (Å²) in [5.41, 5.74) is -2.19. The van der Waals surface area contributed by atoms with Crippen molar-refractivity contribution in [1.29, 1.82) is 0 Å². The molecule has 1 aliphatic rings. The Bertz CT molecular complexity index is 934. The first-order chi connectivity index (χ1) is 14.2. The summed E-state index contributed by atoms with van der Waals surface area (Å²) in [5.74, 6) is -2.30. The monoisotopic (exact) mass is 425 g/mol. The van der Waals surface area contributed by atoms with Gasteiger partial charge in [-0.3, -0.25) is 9.59 Å². The number of carbonyl (C=O) groups is 2. The second kappa shape index (κ2) is 8.64. The molecule has 0 saturated carbocycles. The zero-order chi connectivity index (χ0) is 21.9. The Kier molecular flexibility index (Phi) is 6.18. The normalized spacial score (nSPS) is 14.6. The maximum atomic E-state index is 14.2. The summed E-state index contributed by atoms with van der Waals surface area (Å²) in [4.78, 5) is 27.3. The number of aromatic nitrogens is 2. The summed E-state index contributed by atoms with van der Waals surface area (Å²) in [5, 5.41) is 10.4. The van der Waals surface area contributed by atoms with Crippen LogP contribution in [0.5, 0.6) is 0 Å². The summed E-state index contributed by atoms with van der Waals surface area (Å²) in [6.07, 6.45) is -4.41. The van der Waals surface area contributed by atoms with Crippen LogP contribution in [0.3, 0.4) is 0 Å². The van der Waals surface area contributed by atoms with Crippen molar-refractivity contribution in [2.45, 2.75) is 19.5 Å². The predicted molar refractivity (Wildman–Crippen MR) is 99.3 cm³/mol. The highest BCUT2D eigenvalue weighted by Crippen LogP contribution is 2.34. The third-order valence-corrected chi connectivity index (χ3v) is 4.56. The minimum atomic E-state index is -4.86. The average molecular weight is 425 g/mol. The number of hydrogen-bond acceptors (Lipinski definition) is 5. The second-order valence-electron chi connectivity index (χ2n) is 6.62. The summed E-state index contributed by atoms with van der Waals surface area (Å²) >= 11 is 0. The molecule has 3 rings (SSSR count). The lowest BCUT2D eigenvalue weighted by Gasteiger charge is -2.36. The lowest BCUT2D eigenvalue weighted by Crippen LogP contribution is -2.48. The van der Waals surface area contributed by atoms with Crippen LogP contribution in [0.15, 0.2) is 30.3 Å². The number of alkyl halides is 3. The maximum absolute atomic E-state index is 14.2. The molecule has 7 nitrogen and oxygen atoms in total. The highest BCUT2D eigenvalue weighted by atomic mass is 19.4. The van der Waals surface area contributed by atoms with Crippen LogP contribution < -0.4 is 10.2 Å². The van der Waals surface area contributed by atoms with Crippen LogP contribution in [0.25, 0.3) is 0 Å². The van der Waals surface area contributed by atoms with Crippen molar-refractivity contribution in [3.63, 3.8) is 0 Å². The van der Waals surface area contributed by atoms with Gasteiger partial charge in [-0.25, -0.2) is 4.39 Å². The van der Waals surface area contributed by atoms with E-state index in [-0.39, 0.29) is 24.8 Å². The van der Waals surface area contributed by atoms with E-state index in [2.05, 4.69) is 15.5 Å². The minimum absolute atomic E-state index is 0.0837. The Hall–Kier alpha value is -3.24. The Morgan fingerprint density at radius 1 is 1.13 bits per heavy atom. The van der Waals surface area contributed by atoms with Crippen LogP contribution in [0.2, 0.25) is 0 Å². The molecule has 160 valence electrons. The summed E-state index contributed by atoms with van der Waals surface area (Å²) in [6, 6.07) is 5.44. The Morgan fingerprint density at radius 3 is 2.53 bits per heavy atom. The molecule has 0 unspecified atom stereocenters. The number of nitrogens with zero attached hydrogens (tertiary/aromatic N) is 4. The van der Waals surface area contributed by atoms with Crippen LogP contribution >= 0.6 is 0 Å². The molecule has 1 N–H and O–H groups in total. The van der Waals surface area contributed by atoms with Crippen LogP contribution in [0.1, 0.15) is 39.8 Å². The van der Waals surface area contributed by atoms with Crippen LogP contribution in [-0.4, -0.2) is 53.2 Å². The molecule has 2 amide bonds. The molecule has 1 fully saturated rings. The van der Waals surface area contributed by atoms with Gasteiger partial charge in [0.1, 0.15) is 5.82 Å². The van der Waals surface area contributed by atoms with Crippen LogP contribution in [-0.2, 0) is 6.18 Å². The van der Waals surface area contributed by atoms with Gasteiger partial charge in [0.25, 0.3) is 11.8 Å². The van der Waals surface area contributed by atoms with E-state index in [4.69, 9.17) is 0 Å². The van der Waals surface area contributed by atoms with Gasteiger partial charge in [-0.1, -0.05) is 6.07 Å². The van der Waals surface area contributed by atoms with Crippen molar-refractivity contribution in [3.8, 4) is 0 Å². The number of nitrogens with one attached hydrogen (secondary N) is 1. The van der Waals surface area contributed by atoms with Crippen molar-refractivity contribution >= 4 is 17.6 Å². The highest BCUT2D eigenvalue weighted by molar-refractivity contribution is 5.96. The first kappa shape index (κ1) is 21.5. The van der Waals surface area contributed by atoms with E-state index in [9.17, 15) is 27.2 Å². The molecular formula is C19H19F4N5O2. The topological polar surface area (TPSA) is 78.4 Å². The number of carbonyl (C=O) groups excluding carboxylic acids is 2. The van der Waals surface area contributed by atoms with Gasteiger partial charge < -0.3 is 15.1 Å². The van der Waals surface area contributed by atoms with E-state index in [1.165, 1.54) is 12.1 Å². The quantitative estimate of drug-likeness (QED) is 0.763. The molecule has 0 radical (unpaired) electrons. The van der Waals surface area contributed by atoms with Crippen molar-refractivity contribution in [2.24, 2.45) is 0 Å². The predicted octanol–water partition coefficient (Wildman–Crippen LogP) is 2.69. The maximum Gasteiger partial charge on any atom is 0.417 e. The first-order valence-electron chi connectivity index (χ1n) is 9.24. The van der Waals surface area contributed by atoms with Crippen molar-refractivity contribution < 1.29 is 27.2 Å². The fraction of sp³-hybridized carbons (Fsp3) is 0.368. The molecule has 1 saturated heterocycles. The van der Waals surface area contributed by atoms with Gasteiger partial charge in [0.15, 0.2) is 11.5 Å². The van der Waals surface area contributed by atoms with E-state index in [0.29, 0.717) is 31.4 Å². The highest BCUT2D eigenvalue weighted by Gasteiger charge is 2.38. The van der Waals surface area contributed by atoms with Gasteiger partial charge in [0.2, 0.25) is 0 Å². The zero-order valence-corrected chi connectivity index (χ0v) is 16.0. The smallest absolute Gasteiger partial charge is 0.351 e.